The first-order valence-corrected chi connectivity index (χ1v) is 5.84. The fourth-order valence-corrected chi connectivity index (χ4v) is 1.68. The van der Waals surface area contributed by atoms with Crippen LogP contribution in [0.4, 0.5) is 0 Å². The normalized spacial score (nSPS) is 11.7. The van der Waals surface area contributed by atoms with Gasteiger partial charge in [-0.3, -0.25) is 4.98 Å². The molecule has 0 aliphatic heterocycles. The molecule has 1 heterocycles. The second-order valence-corrected chi connectivity index (χ2v) is 3.82. The summed E-state index contributed by atoms with van der Waals surface area (Å²) < 4.78 is 0. The number of hydrogen-bond acceptors (Lipinski definition) is 2. The van der Waals surface area contributed by atoms with Gasteiger partial charge in [0.25, 0.3) is 0 Å². The maximum Gasteiger partial charge on any atom is 0.0448 e. The van der Waals surface area contributed by atoms with E-state index in [-0.39, 0.29) is 0 Å². The zero-order chi connectivity index (χ0) is 11.8. The summed E-state index contributed by atoms with van der Waals surface area (Å²) in [4.78, 5) is 4.33. The van der Waals surface area contributed by atoms with Gasteiger partial charge in [0.15, 0.2) is 0 Å². The lowest BCUT2D eigenvalue weighted by molar-refractivity contribution is 0.538. The van der Waals surface area contributed by atoms with Gasteiger partial charge >= 0.3 is 0 Å². The maximum absolute atomic E-state index is 4.33. The number of nitrogens with one attached hydrogen (secondary N) is 1. The van der Waals surface area contributed by atoms with Crippen molar-refractivity contribution in [3.05, 3.63) is 29.6 Å². The van der Waals surface area contributed by atoms with Gasteiger partial charge in [-0.25, -0.2) is 0 Å². The van der Waals surface area contributed by atoms with Gasteiger partial charge in [-0.05, 0) is 38.4 Å². The van der Waals surface area contributed by atoms with Gasteiger partial charge in [-0.1, -0.05) is 13.0 Å². The molecular weight excluding hydrogens is 196 g/mol. The lowest BCUT2D eigenvalue weighted by Gasteiger charge is -2.17. The fourth-order valence-electron chi connectivity index (χ4n) is 1.68. The van der Waals surface area contributed by atoms with E-state index in [4.69, 9.17) is 0 Å². The molecule has 1 N–H and O–H groups in total. The summed E-state index contributed by atoms with van der Waals surface area (Å²) in [5.74, 6) is 6.10. The molecule has 0 bridgehead atoms. The molecule has 0 spiro atoms. The lowest BCUT2D eigenvalue weighted by Crippen LogP contribution is -2.22. The number of hydrogen-bond donors (Lipinski definition) is 1. The van der Waals surface area contributed by atoms with Crippen LogP contribution in [0.3, 0.4) is 0 Å². The number of aromatic nitrogens is 1. The third kappa shape index (κ3) is 3.67. The molecule has 1 aromatic rings. The Hall–Kier alpha value is -1.33. The Labute approximate surface area is 98.5 Å². The highest BCUT2D eigenvalue weighted by atomic mass is 14.9. The van der Waals surface area contributed by atoms with Crippen LogP contribution >= 0.6 is 0 Å². The van der Waals surface area contributed by atoms with Crippen molar-refractivity contribution in [3.8, 4) is 11.8 Å². The predicted molar refractivity (Wildman–Crippen MR) is 68.1 cm³/mol. The minimum Gasteiger partial charge on any atom is -0.309 e. The number of rotatable bonds is 5. The van der Waals surface area contributed by atoms with Crippen LogP contribution in [-0.2, 0) is 0 Å². The molecule has 86 valence electrons. The SMILES string of the molecule is CC#CCC(NCCC)c1cccnc1C. The van der Waals surface area contributed by atoms with Crippen molar-refractivity contribution in [3.63, 3.8) is 0 Å². The van der Waals surface area contributed by atoms with E-state index >= 15 is 0 Å². The second-order valence-electron chi connectivity index (χ2n) is 3.82. The van der Waals surface area contributed by atoms with Gasteiger partial charge in [-0.2, -0.15) is 0 Å². The predicted octanol–water partition coefficient (Wildman–Crippen LogP) is 2.84. The van der Waals surface area contributed by atoms with Gasteiger partial charge in [0.1, 0.15) is 0 Å². The van der Waals surface area contributed by atoms with E-state index in [1.165, 1.54) is 5.56 Å². The van der Waals surface area contributed by atoms with E-state index in [1.807, 2.05) is 19.2 Å². The topological polar surface area (TPSA) is 24.9 Å². The third-order valence-electron chi connectivity index (χ3n) is 2.55. The first kappa shape index (κ1) is 12.7. The molecule has 0 aliphatic rings. The van der Waals surface area contributed by atoms with Crippen LogP contribution in [0.1, 0.15) is 44.0 Å². The largest absolute Gasteiger partial charge is 0.309 e. The standard InChI is InChI=1S/C14H20N2/c1-4-6-9-14(16-10-5-2)13-8-7-11-15-12(13)3/h7-8,11,14,16H,5,9-10H2,1-3H3. The minimum atomic E-state index is 0.307. The highest BCUT2D eigenvalue weighted by Crippen LogP contribution is 2.18. The summed E-state index contributed by atoms with van der Waals surface area (Å²) in [5, 5.41) is 3.52. The van der Waals surface area contributed by atoms with Crippen molar-refractivity contribution in [2.24, 2.45) is 0 Å². The first-order valence-electron chi connectivity index (χ1n) is 5.84. The summed E-state index contributed by atoms with van der Waals surface area (Å²) >= 11 is 0. The van der Waals surface area contributed by atoms with E-state index in [9.17, 15) is 0 Å². The lowest BCUT2D eigenvalue weighted by atomic mass is 10.0. The molecule has 1 atom stereocenters. The average molecular weight is 216 g/mol. The molecule has 0 saturated heterocycles. The van der Waals surface area contributed by atoms with E-state index in [2.05, 4.69) is 42.1 Å². The van der Waals surface area contributed by atoms with Gasteiger partial charge in [-0.15, -0.1) is 11.8 Å². The molecule has 0 aromatic carbocycles. The average Bonchev–Trinajstić information content (AvgIpc) is 2.31. The van der Waals surface area contributed by atoms with Crippen molar-refractivity contribution < 1.29 is 0 Å². The van der Waals surface area contributed by atoms with Gasteiger partial charge < -0.3 is 5.32 Å². The quantitative estimate of drug-likeness (QED) is 0.766. The summed E-state index contributed by atoms with van der Waals surface area (Å²) in [6, 6.07) is 4.43. The Morgan fingerprint density at radius 1 is 1.50 bits per heavy atom. The van der Waals surface area contributed by atoms with Crippen molar-refractivity contribution in [1.82, 2.24) is 10.3 Å². The summed E-state index contributed by atoms with van der Waals surface area (Å²) in [6.07, 6.45) is 3.82. The first-order chi connectivity index (χ1) is 7.79. The van der Waals surface area contributed by atoms with Crippen LogP contribution in [0.15, 0.2) is 18.3 Å². The minimum absolute atomic E-state index is 0.307. The van der Waals surface area contributed by atoms with Crippen LogP contribution in [0.5, 0.6) is 0 Å². The van der Waals surface area contributed by atoms with E-state index < -0.39 is 0 Å². The molecule has 1 rings (SSSR count). The number of pyridine rings is 1. The Bertz CT molecular complexity index is 374. The molecule has 1 unspecified atom stereocenters. The highest BCUT2D eigenvalue weighted by molar-refractivity contribution is 5.24. The van der Waals surface area contributed by atoms with Crippen molar-refractivity contribution in [1.29, 1.82) is 0 Å². The van der Waals surface area contributed by atoms with Crippen molar-refractivity contribution in [2.75, 3.05) is 6.54 Å². The van der Waals surface area contributed by atoms with Crippen LogP contribution in [0.2, 0.25) is 0 Å². The summed E-state index contributed by atoms with van der Waals surface area (Å²) in [7, 11) is 0. The molecule has 0 saturated carbocycles. The van der Waals surface area contributed by atoms with Gasteiger partial charge in [0.2, 0.25) is 0 Å². The summed E-state index contributed by atoms with van der Waals surface area (Å²) in [5.41, 5.74) is 2.35. The molecular formula is C14H20N2. The van der Waals surface area contributed by atoms with E-state index in [1.54, 1.807) is 0 Å². The molecule has 0 amide bonds. The Balaban J connectivity index is 2.81. The summed E-state index contributed by atoms with van der Waals surface area (Å²) in [6.45, 7) is 7.12. The Morgan fingerprint density at radius 2 is 2.31 bits per heavy atom. The van der Waals surface area contributed by atoms with Crippen molar-refractivity contribution in [2.45, 2.75) is 39.7 Å². The third-order valence-corrected chi connectivity index (χ3v) is 2.55. The zero-order valence-corrected chi connectivity index (χ0v) is 10.4. The Morgan fingerprint density at radius 3 is 2.94 bits per heavy atom. The molecule has 2 heteroatoms. The maximum atomic E-state index is 4.33. The van der Waals surface area contributed by atoms with E-state index in [0.29, 0.717) is 6.04 Å². The number of nitrogens with zero attached hydrogens (tertiary/aromatic N) is 1. The van der Waals surface area contributed by atoms with Crippen molar-refractivity contribution >= 4 is 0 Å². The molecule has 16 heavy (non-hydrogen) atoms. The zero-order valence-electron chi connectivity index (χ0n) is 10.4. The van der Waals surface area contributed by atoms with E-state index in [0.717, 1.165) is 25.1 Å². The van der Waals surface area contributed by atoms with Crippen LogP contribution in [-0.4, -0.2) is 11.5 Å². The monoisotopic (exact) mass is 216 g/mol. The molecule has 1 aromatic heterocycles. The molecule has 0 aliphatic carbocycles. The molecule has 0 fully saturated rings. The fraction of sp³-hybridized carbons (Fsp3) is 0.500. The molecule has 0 radical (unpaired) electrons. The molecule has 2 nitrogen and oxygen atoms in total. The Kier molecular flexibility index (Phi) is 5.60. The van der Waals surface area contributed by atoms with Crippen LogP contribution in [0.25, 0.3) is 0 Å². The van der Waals surface area contributed by atoms with Crippen LogP contribution in [0, 0.1) is 18.8 Å². The van der Waals surface area contributed by atoms with Gasteiger partial charge in [0.05, 0.1) is 0 Å². The second kappa shape index (κ2) is 7.03. The van der Waals surface area contributed by atoms with Crippen LogP contribution < -0.4 is 5.32 Å². The smallest absolute Gasteiger partial charge is 0.0448 e. The van der Waals surface area contributed by atoms with Gasteiger partial charge in [0, 0.05) is 24.4 Å². The highest BCUT2D eigenvalue weighted by Gasteiger charge is 2.11. The number of aryl methyl sites for hydroxylation is 1.